The lowest BCUT2D eigenvalue weighted by Crippen LogP contribution is -2.44. The number of carbonyl (C=O) groups is 1. The van der Waals surface area contributed by atoms with Gasteiger partial charge in [-0.2, -0.15) is 9.61 Å². The van der Waals surface area contributed by atoms with Crippen LogP contribution in [0.25, 0.3) is 11.7 Å². The Kier molecular flexibility index (Phi) is 4.97. The SMILES string of the molecule is COC(=O)c1c(SC)nn2c(=O)/c(=C\C=C3\N4CCCc5cccc(c54)C3(C)C)c(=O)[nH]c12. The summed E-state index contributed by atoms with van der Waals surface area (Å²) in [5, 5.41) is 4.52. The summed E-state index contributed by atoms with van der Waals surface area (Å²) in [6.07, 6.45) is 7.27. The van der Waals surface area contributed by atoms with Gasteiger partial charge in [0.15, 0.2) is 5.65 Å². The molecule has 2 aromatic heterocycles. The Balaban J connectivity index is 1.71. The molecule has 5 rings (SSSR count). The topological polar surface area (TPSA) is 96.8 Å². The van der Waals surface area contributed by atoms with Gasteiger partial charge >= 0.3 is 5.97 Å². The number of aromatic amines is 1. The second kappa shape index (κ2) is 7.62. The molecule has 0 fully saturated rings. The summed E-state index contributed by atoms with van der Waals surface area (Å²) in [6.45, 7) is 5.21. The van der Waals surface area contributed by atoms with Crippen LogP contribution in [0, 0.1) is 0 Å². The summed E-state index contributed by atoms with van der Waals surface area (Å²) in [4.78, 5) is 43.3. The van der Waals surface area contributed by atoms with Gasteiger partial charge in [0, 0.05) is 23.3 Å². The fourth-order valence-electron chi connectivity index (χ4n) is 4.95. The minimum Gasteiger partial charge on any atom is -0.465 e. The Morgan fingerprint density at radius 3 is 2.79 bits per heavy atom. The molecule has 8 nitrogen and oxygen atoms in total. The van der Waals surface area contributed by atoms with Crippen molar-refractivity contribution >= 4 is 35.1 Å². The standard InChI is InChI=1S/C24H24N4O4S/c1-24(2)15-9-5-7-13-8-6-12-27(18(13)15)16(24)11-10-14-20(29)25-19-17(23(31)32-3)21(33-4)26-28(19)22(14)30/h5,7,9-11H,6,8,12H2,1-4H3,(H,25,29)/b14-10-,16-11+. The first-order valence-electron chi connectivity index (χ1n) is 10.7. The van der Waals surface area contributed by atoms with Crippen molar-refractivity contribution in [3.63, 3.8) is 0 Å². The first-order valence-corrected chi connectivity index (χ1v) is 12.0. The molecule has 0 spiro atoms. The van der Waals surface area contributed by atoms with Crippen LogP contribution in [-0.2, 0) is 16.6 Å². The molecule has 1 aromatic carbocycles. The number of H-pyrrole nitrogens is 1. The summed E-state index contributed by atoms with van der Waals surface area (Å²) in [7, 11) is 1.24. The van der Waals surface area contributed by atoms with Crippen LogP contribution in [0.3, 0.4) is 0 Å². The molecular weight excluding hydrogens is 440 g/mol. The highest BCUT2D eigenvalue weighted by atomic mass is 32.2. The van der Waals surface area contributed by atoms with Crippen molar-refractivity contribution < 1.29 is 9.53 Å². The van der Waals surface area contributed by atoms with Crippen molar-refractivity contribution in [3.8, 4) is 0 Å². The quantitative estimate of drug-likeness (QED) is 0.468. The number of methoxy groups -OCH3 is 1. The van der Waals surface area contributed by atoms with E-state index in [1.807, 2.05) is 6.08 Å². The largest absolute Gasteiger partial charge is 0.465 e. The van der Waals surface area contributed by atoms with Gasteiger partial charge in [-0.05, 0) is 42.4 Å². The van der Waals surface area contributed by atoms with Crippen molar-refractivity contribution in [2.75, 3.05) is 24.8 Å². The average Bonchev–Trinajstić information content (AvgIpc) is 3.28. The Morgan fingerprint density at radius 2 is 2.06 bits per heavy atom. The molecule has 0 saturated heterocycles. The Labute approximate surface area is 193 Å². The van der Waals surface area contributed by atoms with Gasteiger partial charge in [0.2, 0.25) is 0 Å². The van der Waals surface area contributed by atoms with Crippen LogP contribution in [0.4, 0.5) is 5.69 Å². The van der Waals surface area contributed by atoms with Gasteiger partial charge in [-0.3, -0.25) is 9.59 Å². The highest BCUT2D eigenvalue weighted by Crippen LogP contribution is 2.50. The number of anilines is 1. The number of hydrogen-bond donors (Lipinski definition) is 1. The lowest BCUT2D eigenvalue weighted by Gasteiger charge is -2.30. The summed E-state index contributed by atoms with van der Waals surface area (Å²) in [5.41, 5.74) is 3.59. The van der Waals surface area contributed by atoms with Crippen LogP contribution in [0.2, 0.25) is 0 Å². The molecule has 2 aliphatic rings. The Hall–Kier alpha value is -3.33. The van der Waals surface area contributed by atoms with E-state index in [4.69, 9.17) is 4.74 Å². The van der Waals surface area contributed by atoms with E-state index in [0.717, 1.165) is 29.6 Å². The second-order valence-electron chi connectivity index (χ2n) is 8.72. The number of nitrogens with zero attached hydrogens (tertiary/aromatic N) is 3. The van der Waals surface area contributed by atoms with Crippen LogP contribution in [0.15, 0.2) is 44.6 Å². The minimum absolute atomic E-state index is 0.0365. The predicted octanol–water partition coefficient (Wildman–Crippen LogP) is 2.02. The number of aromatic nitrogens is 3. The third-order valence-electron chi connectivity index (χ3n) is 6.57. The lowest BCUT2D eigenvalue weighted by molar-refractivity contribution is 0.0598. The van der Waals surface area contributed by atoms with Crippen molar-refractivity contribution in [2.45, 2.75) is 37.1 Å². The monoisotopic (exact) mass is 464 g/mol. The number of para-hydroxylation sites is 1. The molecule has 0 aliphatic carbocycles. The number of nitrogens with one attached hydrogen (secondary N) is 1. The first kappa shape index (κ1) is 21.5. The zero-order valence-electron chi connectivity index (χ0n) is 18.9. The molecule has 2 aliphatic heterocycles. The average molecular weight is 465 g/mol. The number of carbonyl (C=O) groups excluding carboxylic acids is 1. The zero-order valence-corrected chi connectivity index (χ0v) is 19.7. The number of ether oxygens (including phenoxy) is 1. The third kappa shape index (κ3) is 3.06. The maximum absolute atomic E-state index is 13.2. The minimum atomic E-state index is -0.658. The van der Waals surface area contributed by atoms with Gasteiger partial charge in [0.25, 0.3) is 11.1 Å². The van der Waals surface area contributed by atoms with E-state index in [2.05, 4.69) is 47.0 Å². The van der Waals surface area contributed by atoms with Crippen molar-refractivity contribution in [2.24, 2.45) is 0 Å². The molecule has 0 amide bonds. The number of benzene rings is 1. The number of aryl methyl sites for hydroxylation is 1. The van der Waals surface area contributed by atoms with Crippen LogP contribution >= 0.6 is 11.8 Å². The van der Waals surface area contributed by atoms with Crippen molar-refractivity contribution in [1.29, 1.82) is 0 Å². The first-order chi connectivity index (χ1) is 15.8. The molecule has 0 unspecified atom stereocenters. The maximum atomic E-state index is 13.2. The molecular formula is C24H24N4O4S. The molecule has 0 saturated carbocycles. The highest BCUT2D eigenvalue weighted by molar-refractivity contribution is 7.98. The Morgan fingerprint density at radius 1 is 1.27 bits per heavy atom. The molecule has 3 aromatic rings. The van der Waals surface area contributed by atoms with Gasteiger partial charge in [0.05, 0.1) is 7.11 Å². The fraction of sp³-hybridized carbons (Fsp3) is 0.333. The molecule has 0 bridgehead atoms. The summed E-state index contributed by atoms with van der Waals surface area (Å²) >= 11 is 1.20. The third-order valence-corrected chi connectivity index (χ3v) is 7.24. The van der Waals surface area contributed by atoms with Crippen LogP contribution in [0.5, 0.6) is 0 Å². The lowest BCUT2D eigenvalue weighted by atomic mass is 9.83. The molecule has 4 heterocycles. The smallest absolute Gasteiger partial charge is 0.344 e. The number of allylic oxidation sites excluding steroid dienone is 2. The molecule has 1 N–H and O–H groups in total. The van der Waals surface area contributed by atoms with E-state index < -0.39 is 17.1 Å². The van der Waals surface area contributed by atoms with Crippen LogP contribution in [0.1, 0.15) is 41.8 Å². The number of hydrogen-bond acceptors (Lipinski definition) is 7. The molecule has 9 heteroatoms. The van der Waals surface area contributed by atoms with Gasteiger partial charge in [-0.25, -0.2) is 4.79 Å². The van der Waals surface area contributed by atoms with E-state index in [1.165, 1.54) is 35.7 Å². The highest BCUT2D eigenvalue weighted by Gasteiger charge is 2.41. The fourth-order valence-corrected chi connectivity index (χ4v) is 5.50. The molecule has 0 atom stereocenters. The second-order valence-corrected chi connectivity index (χ2v) is 9.52. The molecule has 0 radical (unpaired) electrons. The summed E-state index contributed by atoms with van der Waals surface area (Å²) in [6, 6.07) is 6.42. The van der Waals surface area contributed by atoms with Gasteiger partial charge in [-0.1, -0.05) is 32.0 Å². The van der Waals surface area contributed by atoms with Crippen LogP contribution < -0.4 is 21.2 Å². The molecule has 33 heavy (non-hydrogen) atoms. The summed E-state index contributed by atoms with van der Waals surface area (Å²) in [5.74, 6) is -0.658. The number of fused-ring (bicyclic) bond motifs is 1. The zero-order chi connectivity index (χ0) is 23.5. The van der Waals surface area contributed by atoms with Gasteiger partial charge < -0.3 is 14.6 Å². The van der Waals surface area contributed by atoms with E-state index >= 15 is 0 Å². The van der Waals surface area contributed by atoms with Gasteiger partial charge in [-0.15, -0.1) is 11.8 Å². The Bertz CT molecular complexity index is 1520. The summed E-state index contributed by atoms with van der Waals surface area (Å²) < 4.78 is 5.88. The van der Waals surface area contributed by atoms with Crippen LogP contribution in [-0.4, -0.2) is 40.5 Å². The van der Waals surface area contributed by atoms with Gasteiger partial charge in [0.1, 0.15) is 15.8 Å². The number of rotatable bonds is 3. The van der Waals surface area contributed by atoms with E-state index in [-0.39, 0.29) is 21.8 Å². The van der Waals surface area contributed by atoms with Crippen molar-refractivity contribution in [1.82, 2.24) is 14.6 Å². The number of thioether (sulfide) groups is 1. The van der Waals surface area contributed by atoms with E-state index in [1.54, 1.807) is 12.3 Å². The predicted molar refractivity (Wildman–Crippen MR) is 128 cm³/mol. The maximum Gasteiger partial charge on any atom is 0.344 e. The van der Waals surface area contributed by atoms with Crippen molar-refractivity contribution in [3.05, 3.63) is 72.6 Å². The van der Waals surface area contributed by atoms with E-state index in [0.29, 0.717) is 5.03 Å². The normalized spacial score (nSPS) is 18.2. The molecule has 170 valence electrons. The van der Waals surface area contributed by atoms with E-state index in [9.17, 15) is 14.4 Å². The number of esters is 1.